The van der Waals surface area contributed by atoms with Crippen molar-refractivity contribution in [3.63, 3.8) is 0 Å². The van der Waals surface area contributed by atoms with Gasteiger partial charge in [-0.05, 0) is 13.0 Å². The Morgan fingerprint density at radius 1 is 1.27 bits per heavy atom. The predicted octanol–water partition coefficient (Wildman–Crippen LogP) is 0.798. The normalized spacial score (nSPS) is 16.1. The van der Waals surface area contributed by atoms with Crippen LogP contribution in [0.1, 0.15) is 5.56 Å². The maximum Gasteiger partial charge on any atom is 0.191 e. The van der Waals surface area contributed by atoms with Crippen molar-refractivity contribution in [3.05, 3.63) is 29.8 Å². The standard InChI is InChI=1S/C16H22N4OS/c1-13-4-3-5-14(12-13)15-17-18-16(19(15)2)22-11-8-20-6-9-21-10-7-20/h3-5,12H,6-11H2,1-2H3/p+1. The third kappa shape index (κ3) is 3.69. The van der Waals surface area contributed by atoms with E-state index in [4.69, 9.17) is 4.74 Å². The van der Waals surface area contributed by atoms with Gasteiger partial charge < -0.3 is 14.2 Å². The third-order valence-corrected chi connectivity index (χ3v) is 5.02. The summed E-state index contributed by atoms with van der Waals surface area (Å²) in [6.07, 6.45) is 0. The lowest BCUT2D eigenvalue weighted by Crippen LogP contribution is -3.14. The van der Waals surface area contributed by atoms with Crippen LogP contribution in [0, 0.1) is 6.92 Å². The number of hydrogen-bond acceptors (Lipinski definition) is 4. The van der Waals surface area contributed by atoms with E-state index in [2.05, 4.69) is 46.0 Å². The number of aromatic nitrogens is 3. The molecular weight excluding hydrogens is 296 g/mol. The van der Waals surface area contributed by atoms with Gasteiger partial charge in [0.1, 0.15) is 13.1 Å². The summed E-state index contributed by atoms with van der Waals surface area (Å²) < 4.78 is 7.48. The first-order chi connectivity index (χ1) is 10.7. The number of benzene rings is 1. The van der Waals surface area contributed by atoms with Crippen LogP contribution in [0.2, 0.25) is 0 Å². The SMILES string of the molecule is Cc1cccc(-c2nnc(SCC[NH+]3CCOCC3)n2C)c1. The zero-order chi connectivity index (χ0) is 15.4. The monoisotopic (exact) mass is 319 g/mol. The molecule has 2 aromatic rings. The lowest BCUT2D eigenvalue weighted by atomic mass is 10.1. The molecular formula is C16H23N4OS+. The second-order valence-corrected chi connectivity index (χ2v) is 6.76. The van der Waals surface area contributed by atoms with Crippen molar-refractivity contribution in [2.45, 2.75) is 12.1 Å². The Morgan fingerprint density at radius 2 is 2.09 bits per heavy atom. The van der Waals surface area contributed by atoms with Crippen molar-refractivity contribution >= 4 is 11.8 Å². The zero-order valence-electron chi connectivity index (χ0n) is 13.2. The van der Waals surface area contributed by atoms with Crippen LogP contribution < -0.4 is 4.90 Å². The Balaban J connectivity index is 1.61. The lowest BCUT2D eigenvalue weighted by Gasteiger charge is -2.23. The van der Waals surface area contributed by atoms with Gasteiger partial charge in [0, 0.05) is 12.6 Å². The molecule has 1 saturated heterocycles. The second-order valence-electron chi connectivity index (χ2n) is 5.70. The molecule has 0 amide bonds. The molecule has 22 heavy (non-hydrogen) atoms. The molecule has 3 rings (SSSR count). The Labute approximate surface area is 135 Å². The van der Waals surface area contributed by atoms with Crippen LogP contribution in [0.15, 0.2) is 29.4 Å². The maximum atomic E-state index is 5.39. The van der Waals surface area contributed by atoms with E-state index in [1.165, 1.54) is 5.56 Å². The quantitative estimate of drug-likeness (QED) is 0.828. The van der Waals surface area contributed by atoms with Gasteiger partial charge in [0.25, 0.3) is 0 Å². The van der Waals surface area contributed by atoms with Gasteiger partial charge in [-0.2, -0.15) is 0 Å². The highest BCUT2D eigenvalue weighted by Gasteiger charge is 2.15. The molecule has 0 radical (unpaired) electrons. The highest BCUT2D eigenvalue weighted by atomic mass is 32.2. The molecule has 0 aliphatic carbocycles. The number of ether oxygens (including phenoxy) is 1. The first-order valence-electron chi connectivity index (χ1n) is 7.74. The van der Waals surface area contributed by atoms with Crippen LogP contribution in [-0.4, -0.2) is 53.4 Å². The fraction of sp³-hybridized carbons (Fsp3) is 0.500. The van der Waals surface area contributed by atoms with E-state index in [1.807, 2.05) is 7.05 Å². The van der Waals surface area contributed by atoms with Gasteiger partial charge in [0.2, 0.25) is 0 Å². The number of morpholine rings is 1. The minimum atomic E-state index is 0.890. The number of hydrogen-bond donors (Lipinski definition) is 1. The molecule has 5 nitrogen and oxygen atoms in total. The lowest BCUT2D eigenvalue weighted by molar-refractivity contribution is -0.905. The summed E-state index contributed by atoms with van der Waals surface area (Å²) in [5, 5.41) is 9.69. The molecule has 0 saturated carbocycles. The number of thioether (sulfide) groups is 1. The Morgan fingerprint density at radius 3 is 2.86 bits per heavy atom. The number of quaternary nitrogens is 1. The molecule has 0 bridgehead atoms. The van der Waals surface area contributed by atoms with Crippen molar-refractivity contribution in [2.75, 3.05) is 38.6 Å². The number of nitrogens with zero attached hydrogens (tertiary/aromatic N) is 3. The molecule has 0 atom stereocenters. The van der Waals surface area contributed by atoms with Gasteiger partial charge in [-0.3, -0.25) is 0 Å². The fourth-order valence-corrected chi connectivity index (χ4v) is 3.62. The van der Waals surface area contributed by atoms with Crippen LogP contribution >= 0.6 is 11.8 Å². The van der Waals surface area contributed by atoms with Gasteiger partial charge in [0.15, 0.2) is 11.0 Å². The molecule has 0 unspecified atom stereocenters. The first kappa shape index (κ1) is 15.5. The summed E-state index contributed by atoms with van der Waals surface area (Å²) in [5.41, 5.74) is 2.37. The summed E-state index contributed by atoms with van der Waals surface area (Å²) in [4.78, 5) is 1.62. The average molecular weight is 319 g/mol. The van der Waals surface area contributed by atoms with Gasteiger partial charge in [-0.15, -0.1) is 10.2 Å². The van der Waals surface area contributed by atoms with Crippen LogP contribution in [0.4, 0.5) is 0 Å². The molecule has 6 heteroatoms. The summed E-state index contributed by atoms with van der Waals surface area (Å²) in [7, 11) is 2.04. The second kappa shape index (κ2) is 7.26. The van der Waals surface area contributed by atoms with E-state index in [0.29, 0.717) is 0 Å². The van der Waals surface area contributed by atoms with Crippen LogP contribution in [0.3, 0.4) is 0 Å². The van der Waals surface area contributed by atoms with E-state index in [1.54, 1.807) is 16.7 Å². The third-order valence-electron chi connectivity index (χ3n) is 4.00. The largest absolute Gasteiger partial charge is 0.370 e. The van der Waals surface area contributed by atoms with Crippen molar-refractivity contribution in [3.8, 4) is 11.4 Å². The van der Waals surface area contributed by atoms with Crippen LogP contribution in [0.25, 0.3) is 11.4 Å². The molecule has 1 N–H and O–H groups in total. The van der Waals surface area contributed by atoms with Crippen LogP contribution in [0.5, 0.6) is 0 Å². The molecule has 1 aliphatic heterocycles. The Hall–Kier alpha value is -1.37. The first-order valence-corrected chi connectivity index (χ1v) is 8.73. The van der Waals surface area contributed by atoms with Crippen molar-refractivity contribution < 1.29 is 9.64 Å². The van der Waals surface area contributed by atoms with E-state index >= 15 is 0 Å². The van der Waals surface area contributed by atoms with Gasteiger partial charge in [0.05, 0.1) is 25.5 Å². The molecule has 1 aliphatic rings. The Bertz CT molecular complexity index is 622. The minimum absolute atomic E-state index is 0.890. The summed E-state index contributed by atoms with van der Waals surface area (Å²) in [6, 6.07) is 8.40. The van der Waals surface area contributed by atoms with Crippen molar-refractivity contribution in [1.29, 1.82) is 0 Å². The predicted molar refractivity (Wildman–Crippen MR) is 88.3 cm³/mol. The molecule has 1 aromatic heterocycles. The number of rotatable bonds is 5. The molecule has 0 spiro atoms. The van der Waals surface area contributed by atoms with Crippen molar-refractivity contribution in [1.82, 2.24) is 14.8 Å². The maximum absolute atomic E-state index is 5.39. The average Bonchev–Trinajstić information content (AvgIpc) is 2.90. The van der Waals surface area contributed by atoms with Gasteiger partial charge in [-0.25, -0.2) is 0 Å². The van der Waals surface area contributed by atoms with E-state index < -0.39 is 0 Å². The minimum Gasteiger partial charge on any atom is -0.370 e. The van der Waals surface area contributed by atoms with E-state index in [0.717, 1.165) is 55.1 Å². The highest BCUT2D eigenvalue weighted by Crippen LogP contribution is 2.22. The highest BCUT2D eigenvalue weighted by molar-refractivity contribution is 7.99. The molecule has 2 heterocycles. The smallest absolute Gasteiger partial charge is 0.191 e. The van der Waals surface area contributed by atoms with Crippen molar-refractivity contribution in [2.24, 2.45) is 7.05 Å². The summed E-state index contributed by atoms with van der Waals surface area (Å²) in [5.74, 6) is 2.00. The zero-order valence-corrected chi connectivity index (χ0v) is 14.0. The summed E-state index contributed by atoms with van der Waals surface area (Å²) in [6.45, 7) is 7.27. The van der Waals surface area contributed by atoms with E-state index in [-0.39, 0.29) is 0 Å². The Kier molecular flexibility index (Phi) is 5.12. The molecule has 118 valence electrons. The van der Waals surface area contributed by atoms with Crippen LogP contribution in [-0.2, 0) is 11.8 Å². The number of aryl methyl sites for hydroxylation is 1. The van der Waals surface area contributed by atoms with Gasteiger partial charge in [-0.1, -0.05) is 35.5 Å². The fourth-order valence-electron chi connectivity index (χ4n) is 2.67. The van der Waals surface area contributed by atoms with Gasteiger partial charge >= 0.3 is 0 Å². The summed E-state index contributed by atoms with van der Waals surface area (Å²) >= 11 is 1.79. The van der Waals surface area contributed by atoms with E-state index in [9.17, 15) is 0 Å². The number of nitrogens with one attached hydrogen (secondary N) is 1. The topological polar surface area (TPSA) is 44.4 Å². The molecule has 1 fully saturated rings. The molecule has 1 aromatic carbocycles.